The molecular formula is C12H21K2O14P. The Balaban J connectivity index is 0.00000392. The number of aliphatic hydroxyl groups excluding tert-OH is 7. The van der Waals surface area contributed by atoms with E-state index in [0.717, 1.165) is 0 Å². The van der Waals surface area contributed by atoms with Crippen molar-refractivity contribution in [1.82, 2.24) is 0 Å². The Kier molecular flexibility index (Phi) is 14.5. The number of ether oxygens (including phenoxy) is 3. The summed E-state index contributed by atoms with van der Waals surface area (Å²) in [6.45, 7) is -2.91. The molecular weight excluding hydrogens is 477 g/mol. The normalized spacial score (nSPS) is 42.8. The van der Waals surface area contributed by atoms with Crippen molar-refractivity contribution in [2.45, 2.75) is 54.8 Å². The summed E-state index contributed by atoms with van der Waals surface area (Å²) in [6.07, 6.45) is -14.1. The van der Waals surface area contributed by atoms with Crippen LogP contribution in [-0.4, -0.2) is 110 Å². The smallest absolute Gasteiger partial charge is 0.790 e. The summed E-state index contributed by atoms with van der Waals surface area (Å²) >= 11 is 0. The molecule has 0 amide bonds. The zero-order valence-corrected chi connectivity index (χ0v) is 22.8. The Morgan fingerprint density at radius 2 is 1.52 bits per heavy atom. The van der Waals surface area contributed by atoms with E-state index in [1.165, 1.54) is 0 Å². The number of aliphatic hydroxyl groups is 7. The number of phosphoric ester groups is 1. The molecule has 2 saturated heterocycles. The van der Waals surface area contributed by atoms with Gasteiger partial charge in [-0.1, -0.05) is 0 Å². The van der Waals surface area contributed by atoms with E-state index in [-0.39, 0.29) is 103 Å². The zero-order valence-electron chi connectivity index (χ0n) is 15.7. The number of hydrogen-bond acceptors (Lipinski definition) is 14. The minimum atomic E-state index is -5.42. The van der Waals surface area contributed by atoms with Crippen LogP contribution in [0.4, 0.5) is 0 Å². The molecule has 1 unspecified atom stereocenters. The Labute approximate surface area is 250 Å². The molecule has 160 valence electrons. The summed E-state index contributed by atoms with van der Waals surface area (Å²) in [6, 6.07) is 0. The molecule has 0 radical (unpaired) electrons. The maximum atomic E-state index is 10.5. The predicted molar refractivity (Wildman–Crippen MR) is 75.1 cm³/mol. The predicted octanol–water partition coefficient (Wildman–Crippen LogP) is -12.5. The quantitative estimate of drug-likeness (QED) is 0.127. The summed E-state index contributed by atoms with van der Waals surface area (Å²) < 4.78 is 29.9. The first-order valence-corrected chi connectivity index (χ1v) is 9.21. The van der Waals surface area contributed by atoms with E-state index < -0.39 is 82.4 Å². The Morgan fingerprint density at radius 1 is 0.931 bits per heavy atom. The number of phosphoric acid groups is 1. The fourth-order valence-corrected chi connectivity index (χ4v) is 3.11. The van der Waals surface area contributed by atoms with Crippen LogP contribution in [0.5, 0.6) is 0 Å². The van der Waals surface area contributed by atoms with Crippen molar-refractivity contribution in [3.05, 3.63) is 0 Å². The summed E-state index contributed by atoms with van der Waals surface area (Å²) in [7, 11) is -5.42. The van der Waals surface area contributed by atoms with Crippen LogP contribution in [0.1, 0.15) is 0 Å². The van der Waals surface area contributed by atoms with Gasteiger partial charge in [0.05, 0.1) is 21.0 Å². The van der Waals surface area contributed by atoms with Crippen LogP contribution < -0.4 is 113 Å². The minimum absolute atomic E-state index is 0. The van der Waals surface area contributed by atoms with Crippen molar-refractivity contribution < 1.29 is 172 Å². The Morgan fingerprint density at radius 3 is 2.00 bits per heavy atom. The molecule has 29 heavy (non-hydrogen) atoms. The SMILES string of the molecule is O=P([O-])([O-])OC[C@H]1O[C@@](CO)(O[C@H]2OC(CO)[C@H](O)[C@H](O)[C@H]2O)[C@@H](O)[C@@H]1O.[K+].[K+]. The second-order valence-corrected chi connectivity index (χ2v) is 7.27. The maximum Gasteiger partial charge on any atom is 1.00 e. The van der Waals surface area contributed by atoms with Gasteiger partial charge in [0, 0.05) is 0 Å². The molecule has 0 aromatic heterocycles. The fourth-order valence-electron chi connectivity index (χ4n) is 2.78. The molecule has 2 aliphatic rings. The van der Waals surface area contributed by atoms with Gasteiger partial charge in [-0.25, -0.2) is 0 Å². The molecule has 0 aromatic rings. The van der Waals surface area contributed by atoms with Crippen LogP contribution >= 0.6 is 7.82 Å². The van der Waals surface area contributed by atoms with Crippen LogP contribution in [0, 0.1) is 0 Å². The van der Waals surface area contributed by atoms with E-state index in [2.05, 4.69) is 4.52 Å². The third kappa shape index (κ3) is 7.74. The topological polar surface area (TPSA) is 242 Å². The third-order valence-electron chi connectivity index (χ3n) is 4.29. The molecule has 2 aliphatic heterocycles. The van der Waals surface area contributed by atoms with Crippen LogP contribution in [-0.2, 0) is 23.3 Å². The van der Waals surface area contributed by atoms with E-state index >= 15 is 0 Å². The van der Waals surface area contributed by atoms with Crippen LogP contribution in [0.3, 0.4) is 0 Å². The molecule has 0 aromatic carbocycles. The van der Waals surface area contributed by atoms with E-state index in [1.807, 2.05) is 0 Å². The average Bonchev–Trinajstić information content (AvgIpc) is 2.85. The second kappa shape index (κ2) is 13.2. The molecule has 9 atom stereocenters. The average molecular weight is 498 g/mol. The van der Waals surface area contributed by atoms with E-state index in [9.17, 15) is 45.0 Å². The summed E-state index contributed by atoms with van der Waals surface area (Å²) in [5.41, 5.74) is 0. The first-order valence-electron chi connectivity index (χ1n) is 7.75. The van der Waals surface area contributed by atoms with Crippen molar-refractivity contribution in [3.63, 3.8) is 0 Å². The Hall–Kier alpha value is 2.98. The van der Waals surface area contributed by atoms with Gasteiger partial charge in [0.1, 0.15) is 49.3 Å². The van der Waals surface area contributed by atoms with Crippen molar-refractivity contribution in [2.24, 2.45) is 0 Å². The zero-order chi connectivity index (χ0) is 20.6. The van der Waals surface area contributed by atoms with E-state index in [0.29, 0.717) is 0 Å². The monoisotopic (exact) mass is 498 g/mol. The van der Waals surface area contributed by atoms with E-state index in [4.69, 9.17) is 19.3 Å². The molecule has 0 spiro atoms. The van der Waals surface area contributed by atoms with Gasteiger partial charge < -0.3 is 68.8 Å². The molecule has 0 saturated carbocycles. The molecule has 7 N–H and O–H groups in total. The van der Waals surface area contributed by atoms with Crippen molar-refractivity contribution in [2.75, 3.05) is 19.8 Å². The molecule has 2 rings (SSSR count). The van der Waals surface area contributed by atoms with Crippen LogP contribution in [0.2, 0.25) is 0 Å². The molecule has 0 bridgehead atoms. The molecule has 17 heteroatoms. The third-order valence-corrected chi connectivity index (χ3v) is 4.75. The van der Waals surface area contributed by atoms with Crippen molar-refractivity contribution in [3.8, 4) is 0 Å². The molecule has 2 fully saturated rings. The summed E-state index contributed by atoms with van der Waals surface area (Å²) in [5, 5.41) is 68.2. The van der Waals surface area contributed by atoms with Crippen molar-refractivity contribution in [1.29, 1.82) is 0 Å². The number of rotatable bonds is 7. The van der Waals surface area contributed by atoms with Crippen LogP contribution in [0.15, 0.2) is 0 Å². The van der Waals surface area contributed by atoms with Gasteiger partial charge in [-0.05, 0) is 0 Å². The van der Waals surface area contributed by atoms with Gasteiger partial charge in [0.15, 0.2) is 6.29 Å². The summed E-state index contributed by atoms with van der Waals surface area (Å²) in [4.78, 5) is 21.1. The molecule has 2 heterocycles. The van der Waals surface area contributed by atoms with Crippen LogP contribution in [0.25, 0.3) is 0 Å². The fraction of sp³-hybridized carbons (Fsp3) is 1.00. The van der Waals surface area contributed by atoms with Crippen molar-refractivity contribution >= 4 is 7.82 Å². The Bertz CT molecular complexity index is 551. The molecule has 14 nitrogen and oxygen atoms in total. The van der Waals surface area contributed by atoms with Gasteiger partial charge in [0.25, 0.3) is 0 Å². The maximum absolute atomic E-state index is 10.5. The largest absolute Gasteiger partial charge is 1.00 e. The second-order valence-electron chi connectivity index (χ2n) is 6.12. The van der Waals surface area contributed by atoms with Gasteiger partial charge in [-0.15, -0.1) is 0 Å². The number of hydrogen-bond donors (Lipinski definition) is 7. The first kappa shape index (κ1) is 32.0. The minimum Gasteiger partial charge on any atom is -0.790 e. The first-order chi connectivity index (χ1) is 12.5. The van der Waals surface area contributed by atoms with E-state index in [1.54, 1.807) is 0 Å². The van der Waals surface area contributed by atoms with Gasteiger partial charge in [-0.2, -0.15) is 0 Å². The standard InChI is InChI=1S/C12H23O14P.2K/c13-1-4-6(15)8(17)9(18)11(24-4)26-12(3-14)10(19)7(16)5(25-12)2-23-27(20,21)22;;/h4-11,13-19H,1-3H2,(H2,20,21,22);;/q;2*+1/p-2/t4?,5-,6+,7-,8+,9-,10+,11-,12+;;/m1../s1. The van der Waals surface area contributed by atoms with Gasteiger partial charge in [-0.3, -0.25) is 0 Å². The molecule has 0 aliphatic carbocycles. The van der Waals surface area contributed by atoms with Gasteiger partial charge in [0.2, 0.25) is 5.79 Å². The van der Waals surface area contributed by atoms with Gasteiger partial charge >= 0.3 is 103 Å². The summed E-state index contributed by atoms with van der Waals surface area (Å²) in [5.74, 6) is -2.46.